The third-order valence-electron chi connectivity index (χ3n) is 4.22. The standard InChI is InChI=1S/C17H36O6Si/c1-8-15(14(4)23-24(6,7)18-5)21-16(9-2)22-17(10-3)19-12-11-13-20-17/h14-16H,8-13H2,1-7H3. The Morgan fingerprint density at radius 2 is 1.71 bits per heavy atom. The van der Waals surface area contributed by atoms with Gasteiger partial charge in [0.05, 0.1) is 25.4 Å². The molecule has 144 valence electrons. The van der Waals surface area contributed by atoms with E-state index in [1.165, 1.54) is 0 Å². The maximum absolute atomic E-state index is 6.19. The van der Waals surface area contributed by atoms with Crippen molar-refractivity contribution in [2.24, 2.45) is 0 Å². The highest BCUT2D eigenvalue weighted by Crippen LogP contribution is 2.28. The molecular formula is C17H36O6Si. The lowest BCUT2D eigenvalue weighted by molar-refractivity contribution is -0.438. The number of hydrogen-bond donors (Lipinski definition) is 0. The smallest absolute Gasteiger partial charge is 0.331 e. The minimum Gasteiger partial charge on any atom is -0.398 e. The summed E-state index contributed by atoms with van der Waals surface area (Å²) in [5, 5.41) is 0. The molecule has 0 saturated carbocycles. The van der Waals surface area contributed by atoms with Gasteiger partial charge in [0.15, 0.2) is 6.29 Å². The average molecular weight is 365 g/mol. The van der Waals surface area contributed by atoms with Gasteiger partial charge in [-0.25, -0.2) is 0 Å². The molecule has 1 heterocycles. The summed E-state index contributed by atoms with van der Waals surface area (Å²) in [6, 6.07) is 0. The Bertz CT molecular complexity index is 346. The third-order valence-corrected chi connectivity index (χ3v) is 6.15. The molecule has 0 aromatic carbocycles. The van der Waals surface area contributed by atoms with Crippen molar-refractivity contribution in [3.63, 3.8) is 0 Å². The first-order chi connectivity index (χ1) is 11.3. The van der Waals surface area contributed by atoms with Crippen LogP contribution in [-0.2, 0) is 27.8 Å². The Morgan fingerprint density at radius 3 is 2.17 bits per heavy atom. The predicted octanol–water partition coefficient (Wildman–Crippen LogP) is 3.79. The molecule has 0 spiro atoms. The number of rotatable bonds is 11. The molecule has 0 aliphatic carbocycles. The summed E-state index contributed by atoms with van der Waals surface area (Å²) in [5.74, 6) is -0.984. The molecule has 0 radical (unpaired) electrons. The fourth-order valence-corrected chi connectivity index (χ4v) is 3.77. The van der Waals surface area contributed by atoms with Crippen LogP contribution in [0.25, 0.3) is 0 Å². The first-order valence-electron chi connectivity index (χ1n) is 9.15. The van der Waals surface area contributed by atoms with Gasteiger partial charge in [0.1, 0.15) is 0 Å². The summed E-state index contributed by atoms with van der Waals surface area (Å²) < 4.78 is 35.3. The van der Waals surface area contributed by atoms with Crippen molar-refractivity contribution in [1.82, 2.24) is 0 Å². The predicted molar refractivity (Wildman–Crippen MR) is 94.9 cm³/mol. The Labute approximate surface area is 148 Å². The van der Waals surface area contributed by atoms with E-state index in [0.29, 0.717) is 26.1 Å². The molecule has 1 aliphatic heterocycles. The molecule has 7 heteroatoms. The Morgan fingerprint density at radius 1 is 1.08 bits per heavy atom. The van der Waals surface area contributed by atoms with Crippen LogP contribution in [-0.4, -0.2) is 53.4 Å². The van der Waals surface area contributed by atoms with Crippen LogP contribution in [0.2, 0.25) is 13.1 Å². The van der Waals surface area contributed by atoms with E-state index < -0.39 is 20.8 Å². The minimum absolute atomic E-state index is 0.0694. The van der Waals surface area contributed by atoms with Crippen LogP contribution in [0.1, 0.15) is 53.4 Å². The lowest BCUT2D eigenvalue weighted by atomic mass is 10.2. The third kappa shape index (κ3) is 6.71. The molecule has 24 heavy (non-hydrogen) atoms. The van der Waals surface area contributed by atoms with E-state index in [1.807, 2.05) is 33.9 Å². The zero-order chi connectivity index (χ0) is 18.2. The van der Waals surface area contributed by atoms with Crippen molar-refractivity contribution >= 4 is 8.56 Å². The average Bonchev–Trinajstić information content (AvgIpc) is 2.58. The van der Waals surface area contributed by atoms with E-state index in [2.05, 4.69) is 6.92 Å². The second-order valence-corrected chi connectivity index (χ2v) is 10.00. The number of ether oxygens (including phenoxy) is 4. The van der Waals surface area contributed by atoms with Gasteiger partial charge in [0.25, 0.3) is 5.97 Å². The Hall–Kier alpha value is -0.0231. The molecule has 3 unspecified atom stereocenters. The van der Waals surface area contributed by atoms with Crippen LogP contribution in [0, 0.1) is 0 Å². The van der Waals surface area contributed by atoms with E-state index in [1.54, 1.807) is 7.11 Å². The molecule has 0 amide bonds. The van der Waals surface area contributed by atoms with Gasteiger partial charge >= 0.3 is 8.56 Å². The Balaban J connectivity index is 2.66. The van der Waals surface area contributed by atoms with E-state index >= 15 is 0 Å². The van der Waals surface area contributed by atoms with Gasteiger partial charge < -0.3 is 23.1 Å². The lowest BCUT2D eigenvalue weighted by Gasteiger charge is -2.39. The monoisotopic (exact) mass is 364 g/mol. The topological polar surface area (TPSA) is 55.4 Å². The van der Waals surface area contributed by atoms with Crippen molar-refractivity contribution in [1.29, 1.82) is 0 Å². The van der Waals surface area contributed by atoms with Gasteiger partial charge in [0.2, 0.25) is 0 Å². The normalized spacial score (nSPS) is 22.1. The molecule has 3 atom stereocenters. The zero-order valence-electron chi connectivity index (χ0n) is 16.4. The van der Waals surface area contributed by atoms with Crippen LogP contribution in [0.5, 0.6) is 0 Å². The van der Waals surface area contributed by atoms with Crippen LogP contribution in [0.4, 0.5) is 0 Å². The van der Waals surface area contributed by atoms with Crippen molar-refractivity contribution in [2.75, 3.05) is 20.3 Å². The van der Waals surface area contributed by atoms with Crippen molar-refractivity contribution in [3.05, 3.63) is 0 Å². The first kappa shape index (κ1) is 22.0. The highest BCUT2D eigenvalue weighted by Gasteiger charge is 2.38. The summed E-state index contributed by atoms with van der Waals surface area (Å²) in [6.07, 6.45) is 2.51. The summed E-state index contributed by atoms with van der Waals surface area (Å²) in [5.41, 5.74) is 0. The number of hydrogen-bond acceptors (Lipinski definition) is 6. The maximum atomic E-state index is 6.19. The SMILES string of the molecule is CCC(OC(CC)C(C)O[Si](C)(C)OC)OC1(CC)OCCCO1. The van der Waals surface area contributed by atoms with Crippen LogP contribution in [0.15, 0.2) is 0 Å². The van der Waals surface area contributed by atoms with Gasteiger partial charge in [-0.15, -0.1) is 0 Å². The van der Waals surface area contributed by atoms with Crippen molar-refractivity contribution < 1.29 is 27.8 Å². The van der Waals surface area contributed by atoms with Gasteiger partial charge in [-0.3, -0.25) is 4.74 Å². The largest absolute Gasteiger partial charge is 0.398 e. The fraction of sp³-hybridized carbons (Fsp3) is 1.00. The molecule has 0 N–H and O–H groups in total. The molecule has 1 aliphatic rings. The summed E-state index contributed by atoms with van der Waals surface area (Å²) in [6.45, 7) is 13.5. The quantitative estimate of drug-likeness (QED) is 0.411. The maximum Gasteiger partial charge on any atom is 0.331 e. The second-order valence-electron chi connectivity index (χ2n) is 6.55. The van der Waals surface area contributed by atoms with E-state index in [4.69, 9.17) is 27.8 Å². The van der Waals surface area contributed by atoms with Crippen molar-refractivity contribution in [2.45, 2.75) is 90.9 Å². The van der Waals surface area contributed by atoms with Crippen LogP contribution < -0.4 is 0 Å². The molecule has 0 aromatic heterocycles. The van der Waals surface area contributed by atoms with Gasteiger partial charge in [-0.2, -0.15) is 0 Å². The van der Waals surface area contributed by atoms with Crippen LogP contribution >= 0.6 is 0 Å². The van der Waals surface area contributed by atoms with E-state index in [0.717, 1.165) is 12.8 Å². The van der Waals surface area contributed by atoms with Crippen LogP contribution in [0.3, 0.4) is 0 Å². The van der Waals surface area contributed by atoms with Gasteiger partial charge in [0, 0.05) is 13.5 Å². The zero-order valence-corrected chi connectivity index (χ0v) is 17.4. The summed E-state index contributed by atoms with van der Waals surface area (Å²) in [7, 11) is -0.419. The highest BCUT2D eigenvalue weighted by atomic mass is 28.4. The molecule has 1 fully saturated rings. The molecule has 0 bridgehead atoms. The molecule has 1 saturated heterocycles. The highest BCUT2D eigenvalue weighted by molar-refractivity contribution is 6.64. The molecule has 1 rings (SSSR count). The molecular weight excluding hydrogens is 328 g/mol. The van der Waals surface area contributed by atoms with Gasteiger partial charge in [-0.05, 0) is 39.3 Å². The minimum atomic E-state index is -2.11. The first-order valence-corrected chi connectivity index (χ1v) is 12.0. The summed E-state index contributed by atoms with van der Waals surface area (Å²) >= 11 is 0. The molecule has 6 nitrogen and oxygen atoms in total. The van der Waals surface area contributed by atoms with Gasteiger partial charge in [-0.1, -0.05) is 20.8 Å². The second kappa shape index (κ2) is 10.2. The molecule has 0 aromatic rings. The van der Waals surface area contributed by atoms with Crippen molar-refractivity contribution in [3.8, 4) is 0 Å². The fourth-order valence-electron chi connectivity index (χ4n) is 2.62. The van der Waals surface area contributed by atoms with E-state index in [-0.39, 0.29) is 12.2 Å². The Kier molecular flexibility index (Phi) is 9.36. The lowest BCUT2D eigenvalue weighted by Crippen LogP contribution is -2.48. The van der Waals surface area contributed by atoms with E-state index in [9.17, 15) is 0 Å². The summed E-state index contributed by atoms with van der Waals surface area (Å²) in [4.78, 5) is 0.